The number of hydrogen-bond donors (Lipinski definition) is 1. The lowest BCUT2D eigenvalue weighted by Gasteiger charge is -2.03. The van der Waals surface area contributed by atoms with Crippen molar-refractivity contribution in [1.29, 1.82) is 0 Å². The molecule has 0 bridgehead atoms. The summed E-state index contributed by atoms with van der Waals surface area (Å²) in [4.78, 5) is 24.2. The Morgan fingerprint density at radius 3 is 2.46 bits per heavy atom. The molecule has 0 saturated carbocycles. The molecule has 3 aromatic rings. The summed E-state index contributed by atoms with van der Waals surface area (Å²) >= 11 is 6.59. The van der Waals surface area contributed by atoms with Crippen molar-refractivity contribution < 1.29 is 14.3 Å². The molecular weight excluding hydrogens is 492 g/mol. The zero-order chi connectivity index (χ0) is 20.1. The van der Waals surface area contributed by atoms with Crippen LogP contribution in [0, 0.1) is 0 Å². The number of nitrogens with zero attached hydrogens (tertiary/aromatic N) is 3. The topological polar surface area (TPSA) is 85.6 Å². The van der Waals surface area contributed by atoms with E-state index in [2.05, 4.69) is 47.5 Å². The molecule has 1 N–H and O–H groups in total. The van der Waals surface area contributed by atoms with E-state index in [0.29, 0.717) is 20.3 Å². The van der Waals surface area contributed by atoms with Crippen LogP contribution in [0.15, 0.2) is 68.8 Å². The highest BCUT2D eigenvalue weighted by atomic mass is 79.9. The third kappa shape index (κ3) is 4.93. The Kier molecular flexibility index (Phi) is 6.37. The van der Waals surface area contributed by atoms with E-state index in [4.69, 9.17) is 4.74 Å². The predicted octanol–water partition coefficient (Wildman–Crippen LogP) is 3.93. The van der Waals surface area contributed by atoms with Crippen LogP contribution in [0.4, 0.5) is 0 Å². The van der Waals surface area contributed by atoms with Crippen LogP contribution >= 0.6 is 31.9 Å². The number of hydrazone groups is 1. The normalized spacial score (nSPS) is 10.8. The van der Waals surface area contributed by atoms with Crippen LogP contribution in [-0.4, -0.2) is 27.9 Å². The molecule has 0 unspecified atom stereocenters. The Labute approximate surface area is 177 Å². The van der Waals surface area contributed by atoms with Gasteiger partial charge < -0.3 is 4.74 Å². The van der Waals surface area contributed by atoms with E-state index in [1.807, 2.05) is 6.07 Å². The van der Waals surface area contributed by atoms with Crippen molar-refractivity contribution in [2.45, 2.75) is 0 Å². The fourth-order valence-corrected chi connectivity index (χ4v) is 3.25. The van der Waals surface area contributed by atoms with Gasteiger partial charge in [-0.2, -0.15) is 10.2 Å². The first kappa shape index (κ1) is 20.0. The number of amides is 1. The molecule has 0 atom stereocenters. The van der Waals surface area contributed by atoms with E-state index in [9.17, 15) is 9.59 Å². The number of benzene rings is 2. The summed E-state index contributed by atoms with van der Waals surface area (Å²) in [6.07, 6.45) is 3.16. The highest BCUT2D eigenvalue weighted by molar-refractivity contribution is 9.10. The van der Waals surface area contributed by atoms with E-state index in [1.54, 1.807) is 55.7 Å². The van der Waals surface area contributed by atoms with Gasteiger partial charge in [0.1, 0.15) is 5.75 Å². The minimum absolute atomic E-state index is 0.197. The van der Waals surface area contributed by atoms with Gasteiger partial charge >= 0.3 is 5.97 Å². The highest BCUT2D eigenvalue weighted by Crippen LogP contribution is 2.18. The van der Waals surface area contributed by atoms with Crippen molar-refractivity contribution in [2.24, 2.45) is 12.1 Å². The van der Waals surface area contributed by atoms with Crippen molar-refractivity contribution >= 4 is 50.0 Å². The number of nitrogens with one attached hydrogen (secondary N) is 1. The van der Waals surface area contributed by atoms with Crippen molar-refractivity contribution in [3.8, 4) is 5.75 Å². The number of esters is 1. The molecule has 1 amide bonds. The average molecular weight is 506 g/mol. The summed E-state index contributed by atoms with van der Waals surface area (Å²) in [7, 11) is 1.71. The molecule has 7 nitrogen and oxygen atoms in total. The van der Waals surface area contributed by atoms with Crippen LogP contribution in [0.1, 0.15) is 26.4 Å². The first-order valence-corrected chi connectivity index (χ1v) is 9.62. The van der Waals surface area contributed by atoms with E-state index >= 15 is 0 Å². The van der Waals surface area contributed by atoms with Gasteiger partial charge in [0, 0.05) is 17.7 Å². The number of rotatable bonds is 5. The van der Waals surface area contributed by atoms with Crippen LogP contribution in [-0.2, 0) is 7.05 Å². The van der Waals surface area contributed by atoms with Crippen molar-refractivity contribution in [1.82, 2.24) is 15.2 Å². The molecule has 28 heavy (non-hydrogen) atoms. The number of hydrogen-bond acceptors (Lipinski definition) is 5. The summed E-state index contributed by atoms with van der Waals surface area (Å²) in [6, 6.07) is 13.8. The van der Waals surface area contributed by atoms with Crippen molar-refractivity contribution in [3.05, 3.63) is 80.5 Å². The second kappa shape index (κ2) is 8.94. The summed E-state index contributed by atoms with van der Waals surface area (Å²) in [5.74, 6) is -0.512. The van der Waals surface area contributed by atoms with E-state index in [1.165, 1.54) is 10.9 Å². The maximum Gasteiger partial charge on any atom is 0.365 e. The maximum atomic E-state index is 12.1. The van der Waals surface area contributed by atoms with Gasteiger partial charge in [-0.1, -0.05) is 12.1 Å². The average Bonchev–Trinajstić information content (AvgIpc) is 3.01. The molecule has 0 aliphatic heterocycles. The molecule has 1 aromatic heterocycles. The smallest absolute Gasteiger partial charge is 0.365 e. The second-order valence-corrected chi connectivity index (χ2v) is 7.35. The fourth-order valence-electron chi connectivity index (χ4n) is 2.25. The monoisotopic (exact) mass is 504 g/mol. The third-order valence-electron chi connectivity index (χ3n) is 3.57. The standard InChI is InChI=1S/C19H14Br2N4O3/c1-25-11-16(21)17(24-25)19(27)28-13-8-6-12(7-9-13)10-22-23-18(26)14-4-2-3-5-15(14)20/h2-11H,1H3,(H,23,26). The first-order valence-electron chi connectivity index (χ1n) is 8.03. The molecule has 0 saturated heterocycles. The molecule has 3 rings (SSSR count). The lowest BCUT2D eigenvalue weighted by atomic mass is 10.2. The summed E-state index contributed by atoms with van der Waals surface area (Å²) in [5.41, 5.74) is 3.88. The summed E-state index contributed by atoms with van der Waals surface area (Å²) in [6.45, 7) is 0. The zero-order valence-corrected chi connectivity index (χ0v) is 17.8. The molecule has 142 valence electrons. The molecule has 1 heterocycles. The Morgan fingerprint density at radius 1 is 1.11 bits per heavy atom. The second-order valence-electron chi connectivity index (χ2n) is 5.64. The number of carbonyl (C=O) groups excluding carboxylic acids is 2. The number of halogens is 2. The Hall–Kier alpha value is -2.78. The zero-order valence-electron chi connectivity index (χ0n) is 14.6. The SMILES string of the molecule is Cn1cc(Br)c(C(=O)Oc2ccc(C=NNC(=O)c3ccccc3Br)cc2)n1. The maximum absolute atomic E-state index is 12.1. The van der Waals surface area contributed by atoms with Crippen molar-refractivity contribution in [2.75, 3.05) is 0 Å². The summed E-state index contributed by atoms with van der Waals surface area (Å²) < 4.78 is 8.06. The van der Waals surface area contributed by atoms with E-state index < -0.39 is 5.97 Å². The summed E-state index contributed by atoms with van der Waals surface area (Å²) in [5, 5.41) is 7.98. The number of ether oxygens (including phenoxy) is 1. The van der Waals surface area contributed by atoms with Gasteiger partial charge in [-0.15, -0.1) is 0 Å². The minimum Gasteiger partial charge on any atom is -0.422 e. The van der Waals surface area contributed by atoms with Crippen LogP contribution in [0.25, 0.3) is 0 Å². The third-order valence-corrected chi connectivity index (χ3v) is 4.84. The minimum atomic E-state index is -0.561. The van der Waals surface area contributed by atoms with E-state index in [0.717, 1.165) is 5.56 Å². The van der Waals surface area contributed by atoms with Crippen LogP contribution in [0.3, 0.4) is 0 Å². The lowest BCUT2D eigenvalue weighted by molar-refractivity contribution is 0.0726. The lowest BCUT2D eigenvalue weighted by Crippen LogP contribution is -2.18. The van der Waals surface area contributed by atoms with Crippen molar-refractivity contribution in [3.63, 3.8) is 0 Å². The molecule has 0 radical (unpaired) electrons. The van der Waals surface area contributed by atoms with Gasteiger partial charge in [-0.25, -0.2) is 10.2 Å². The molecule has 0 fully saturated rings. The molecule has 9 heteroatoms. The van der Waals surface area contributed by atoms with Crippen LogP contribution in [0.2, 0.25) is 0 Å². The molecule has 0 aliphatic rings. The van der Waals surface area contributed by atoms with Gasteiger partial charge in [-0.3, -0.25) is 9.48 Å². The largest absolute Gasteiger partial charge is 0.422 e. The molecule has 2 aromatic carbocycles. The van der Waals surface area contributed by atoms with Gasteiger partial charge in [0.25, 0.3) is 5.91 Å². The number of aryl methyl sites for hydroxylation is 1. The fraction of sp³-hybridized carbons (Fsp3) is 0.0526. The number of carbonyl (C=O) groups is 2. The van der Waals surface area contributed by atoms with Crippen LogP contribution in [0.5, 0.6) is 5.75 Å². The molecule has 0 aliphatic carbocycles. The Bertz CT molecular complexity index is 1050. The molecule has 0 spiro atoms. The first-order chi connectivity index (χ1) is 13.4. The van der Waals surface area contributed by atoms with Gasteiger partial charge in [-0.05, 0) is 73.8 Å². The predicted molar refractivity (Wildman–Crippen MR) is 112 cm³/mol. The van der Waals surface area contributed by atoms with Gasteiger partial charge in [0.05, 0.1) is 16.3 Å². The highest BCUT2D eigenvalue weighted by Gasteiger charge is 2.16. The van der Waals surface area contributed by atoms with Gasteiger partial charge in [0.15, 0.2) is 5.69 Å². The van der Waals surface area contributed by atoms with Gasteiger partial charge in [0.2, 0.25) is 0 Å². The number of aromatic nitrogens is 2. The Balaban J connectivity index is 1.59. The quantitative estimate of drug-likeness (QED) is 0.246. The Morgan fingerprint density at radius 2 is 1.82 bits per heavy atom. The van der Waals surface area contributed by atoms with Crippen LogP contribution < -0.4 is 10.2 Å². The van der Waals surface area contributed by atoms with E-state index in [-0.39, 0.29) is 11.6 Å². The molecular formula is C19H14Br2N4O3.